The van der Waals surface area contributed by atoms with Crippen LogP contribution >= 0.6 is 11.6 Å². The zero-order valence-electron chi connectivity index (χ0n) is 13.5. The molecule has 0 saturated heterocycles. The maximum atomic E-state index is 12.8. The highest BCUT2D eigenvalue weighted by Gasteiger charge is 2.43. The molecule has 136 valence electrons. The lowest BCUT2D eigenvalue weighted by molar-refractivity contribution is -0.150. The fourth-order valence-corrected chi connectivity index (χ4v) is 3.09. The molecular weight excluding hydrogens is 359 g/mol. The van der Waals surface area contributed by atoms with E-state index in [1.807, 2.05) is 0 Å². The van der Waals surface area contributed by atoms with Crippen molar-refractivity contribution in [3.05, 3.63) is 40.4 Å². The Labute approximate surface area is 148 Å². The van der Waals surface area contributed by atoms with Crippen molar-refractivity contribution in [1.82, 2.24) is 5.32 Å². The first kappa shape index (κ1) is 19.3. The van der Waals surface area contributed by atoms with Gasteiger partial charge in [0.25, 0.3) is 0 Å². The average Bonchev–Trinajstić information content (AvgIpc) is 3.01. The second-order valence-corrected chi connectivity index (χ2v) is 6.25. The molecule has 1 amide bonds. The van der Waals surface area contributed by atoms with Crippen molar-refractivity contribution in [2.45, 2.75) is 37.4 Å². The maximum Gasteiger partial charge on any atom is 0.417 e. The third-order valence-corrected chi connectivity index (χ3v) is 4.45. The van der Waals surface area contributed by atoms with Gasteiger partial charge in [0, 0.05) is 6.08 Å². The highest BCUT2D eigenvalue weighted by Crippen LogP contribution is 2.35. The van der Waals surface area contributed by atoms with Crippen LogP contribution in [0.15, 0.2) is 24.3 Å². The molecule has 1 aliphatic rings. The number of hydrogen-bond acceptors (Lipinski definition) is 3. The summed E-state index contributed by atoms with van der Waals surface area (Å²) in [5.74, 6) is -1.09. The molecule has 4 nitrogen and oxygen atoms in total. The minimum Gasteiger partial charge on any atom is -0.467 e. The van der Waals surface area contributed by atoms with E-state index >= 15 is 0 Å². The molecule has 0 heterocycles. The molecule has 25 heavy (non-hydrogen) atoms. The van der Waals surface area contributed by atoms with E-state index in [0.717, 1.165) is 31.1 Å². The third-order valence-electron chi connectivity index (χ3n) is 4.12. The van der Waals surface area contributed by atoms with Crippen LogP contribution in [0.25, 0.3) is 6.08 Å². The Morgan fingerprint density at radius 2 is 1.92 bits per heavy atom. The number of halogens is 4. The van der Waals surface area contributed by atoms with Gasteiger partial charge < -0.3 is 10.1 Å². The van der Waals surface area contributed by atoms with Crippen molar-refractivity contribution >= 4 is 29.6 Å². The molecule has 0 aromatic heterocycles. The largest absolute Gasteiger partial charge is 0.467 e. The van der Waals surface area contributed by atoms with Crippen LogP contribution in [0.4, 0.5) is 13.2 Å². The molecule has 0 spiro atoms. The number of hydrogen-bond donors (Lipinski definition) is 1. The van der Waals surface area contributed by atoms with E-state index in [9.17, 15) is 22.8 Å². The topological polar surface area (TPSA) is 55.4 Å². The number of methoxy groups -OCH3 is 1. The molecule has 0 bridgehead atoms. The Morgan fingerprint density at radius 1 is 1.28 bits per heavy atom. The number of carbonyl (C=O) groups excluding carboxylic acids is 2. The molecule has 8 heteroatoms. The van der Waals surface area contributed by atoms with Gasteiger partial charge in [0.1, 0.15) is 5.54 Å². The Bertz CT molecular complexity index is 695. The minimum absolute atomic E-state index is 0.172. The summed E-state index contributed by atoms with van der Waals surface area (Å²) in [6.07, 6.45) is 0.252. The molecule has 0 unspecified atom stereocenters. The number of nitrogens with one attached hydrogen (secondary N) is 1. The first-order valence-corrected chi connectivity index (χ1v) is 8.01. The predicted molar refractivity (Wildman–Crippen MR) is 86.8 cm³/mol. The number of benzene rings is 1. The molecule has 1 aromatic carbocycles. The van der Waals surface area contributed by atoms with E-state index in [4.69, 9.17) is 16.3 Å². The Balaban J connectivity index is 2.14. The zero-order valence-corrected chi connectivity index (χ0v) is 14.2. The number of alkyl halides is 3. The molecule has 0 atom stereocenters. The van der Waals surface area contributed by atoms with Crippen LogP contribution in [0.1, 0.15) is 36.8 Å². The highest BCUT2D eigenvalue weighted by atomic mass is 35.5. The SMILES string of the molecule is COC(=O)C1(NC(=O)/C=C/c2ccc(Cl)c(C(F)(F)F)c2)CCCC1. The highest BCUT2D eigenvalue weighted by molar-refractivity contribution is 6.31. The summed E-state index contributed by atoms with van der Waals surface area (Å²) < 4.78 is 43.3. The van der Waals surface area contributed by atoms with Gasteiger partial charge in [-0.05, 0) is 36.6 Å². The quantitative estimate of drug-likeness (QED) is 0.640. The smallest absolute Gasteiger partial charge is 0.417 e. The van der Waals surface area contributed by atoms with Crippen LogP contribution in [0.2, 0.25) is 5.02 Å². The van der Waals surface area contributed by atoms with E-state index in [1.54, 1.807) is 0 Å². The Morgan fingerprint density at radius 3 is 2.48 bits per heavy atom. The van der Waals surface area contributed by atoms with Crippen molar-refractivity contribution in [2.24, 2.45) is 0 Å². The van der Waals surface area contributed by atoms with Crippen molar-refractivity contribution in [2.75, 3.05) is 7.11 Å². The summed E-state index contributed by atoms with van der Waals surface area (Å²) in [5, 5.41) is 2.21. The summed E-state index contributed by atoms with van der Waals surface area (Å²) in [5.41, 5.74) is -1.86. The van der Waals surface area contributed by atoms with Crippen LogP contribution in [0.3, 0.4) is 0 Å². The van der Waals surface area contributed by atoms with Crippen LogP contribution < -0.4 is 5.32 Å². The molecule has 1 N–H and O–H groups in total. The molecule has 1 saturated carbocycles. The van der Waals surface area contributed by atoms with Gasteiger partial charge >= 0.3 is 12.1 Å². The summed E-state index contributed by atoms with van der Waals surface area (Å²) in [6, 6.07) is 3.35. The molecule has 1 aliphatic carbocycles. The molecule has 0 radical (unpaired) electrons. The lowest BCUT2D eigenvalue weighted by atomic mass is 9.97. The van der Waals surface area contributed by atoms with E-state index in [-0.39, 0.29) is 5.56 Å². The second-order valence-electron chi connectivity index (χ2n) is 5.84. The standard InChI is InChI=1S/C17H17ClF3NO3/c1-25-15(24)16(8-2-3-9-16)22-14(23)7-5-11-4-6-13(18)12(10-11)17(19,20)21/h4-7,10H,2-3,8-9H2,1H3,(H,22,23)/b7-5+. The fourth-order valence-electron chi connectivity index (χ4n) is 2.87. The molecular formula is C17H17ClF3NO3. The number of esters is 1. The van der Waals surface area contributed by atoms with Gasteiger partial charge in [-0.25, -0.2) is 4.79 Å². The van der Waals surface area contributed by atoms with Crippen LogP contribution in [-0.4, -0.2) is 24.5 Å². The summed E-state index contributed by atoms with van der Waals surface area (Å²) in [4.78, 5) is 24.0. The molecule has 1 aromatic rings. The van der Waals surface area contributed by atoms with Crippen LogP contribution in [-0.2, 0) is 20.5 Å². The van der Waals surface area contributed by atoms with Crippen molar-refractivity contribution in [3.63, 3.8) is 0 Å². The number of ether oxygens (including phenoxy) is 1. The zero-order chi connectivity index (χ0) is 18.7. The second kappa shape index (κ2) is 7.47. The summed E-state index contributed by atoms with van der Waals surface area (Å²) in [7, 11) is 1.25. The fraction of sp³-hybridized carbons (Fsp3) is 0.412. The summed E-state index contributed by atoms with van der Waals surface area (Å²) >= 11 is 5.55. The van der Waals surface area contributed by atoms with Crippen molar-refractivity contribution in [3.8, 4) is 0 Å². The average molecular weight is 376 g/mol. The maximum absolute atomic E-state index is 12.8. The Kier molecular flexibility index (Phi) is 5.77. The van der Waals surface area contributed by atoms with E-state index in [2.05, 4.69) is 5.32 Å². The van der Waals surface area contributed by atoms with Gasteiger partial charge in [-0.3, -0.25) is 4.79 Å². The molecule has 1 fully saturated rings. The van der Waals surface area contributed by atoms with Gasteiger partial charge in [0.15, 0.2) is 0 Å². The summed E-state index contributed by atoms with van der Waals surface area (Å²) in [6.45, 7) is 0. The van der Waals surface area contributed by atoms with Gasteiger partial charge in [-0.2, -0.15) is 13.2 Å². The molecule has 0 aliphatic heterocycles. The first-order valence-electron chi connectivity index (χ1n) is 7.63. The normalized spacial score (nSPS) is 16.8. The van der Waals surface area contributed by atoms with E-state index in [1.165, 1.54) is 19.3 Å². The minimum atomic E-state index is -4.58. The lowest BCUT2D eigenvalue weighted by Gasteiger charge is -2.26. The lowest BCUT2D eigenvalue weighted by Crippen LogP contribution is -2.52. The number of amides is 1. The van der Waals surface area contributed by atoms with E-state index in [0.29, 0.717) is 12.8 Å². The number of carbonyl (C=O) groups is 2. The van der Waals surface area contributed by atoms with Gasteiger partial charge in [-0.1, -0.05) is 30.5 Å². The van der Waals surface area contributed by atoms with Gasteiger partial charge in [-0.15, -0.1) is 0 Å². The van der Waals surface area contributed by atoms with Crippen LogP contribution in [0.5, 0.6) is 0 Å². The predicted octanol–water partition coefficient (Wildman–Crippen LogP) is 3.97. The third kappa shape index (κ3) is 4.54. The van der Waals surface area contributed by atoms with Gasteiger partial charge in [0.2, 0.25) is 5.91 Å². The van der Waals surface area contributed by atoms with Crippen molar-refractivity contribution < 1.29 is 27.5 Å². The van der Waals surface area contributed by atoms with Gasteiger partial charge in [0.05, 0.1) is 17.7 Å². The van der Waals surface area contributed by atoms with E-state index < -0.39 is 34.2 Å². The Hall–Kier alpha value is -2.02. The monoisotopic (exact) mass is 375 g/mol. The molecule has 2 rings (SSSR count). The van der Waals surface area contributed by atoms with Crippen molar-refractivity contribution in [1.29, 1.82) is 0 Å². The first-order chi connectivity index (χ1) is 11.7. The van der Waals surface area contributed by atoms with Crippen LogP contribution in [0, 0.1) is 0 Å². The number of rotatable bonds is 4.